The molecule has 0 saturated heterocycles. The molecular weight excluding hydrogens is 379 g/mol. The van der Waals surface area contributed by atoms with Gasteiger partial charge in [0.2, 0.25) is 0 Å². The third-order valence-electron chi connectivity index (χ3n) is 3.66. The number of hydrogen-bond donors (Lipinski definition) is 1. The average Bonchev–Trinajstić information content (AvgIpc) is 3.23. The highest BCUT2D eigenvalue weighted by Gasteiger charge is 2.22. The summed E-state index contributed by atoms with van der Waals surface area (Å²) in [6.07, 6.45) is 0.0520. The number of rotatable bonds is 5. The van der Waals surface area contributed by atoms with E-state index < -0.39 is 41.1 Å². The van der Waals surface area contributed by atoms with E-state index in [1.165, 1.54) is 30.1 Å². The van der Waals surface area contributed by atoms with Crippen LogP contribution in [0.5, 0.6) is 0 Å². The van der Waals surface area contributed by atoms with Gasteiger partial charge in [-0.1, -0.05) is 0 Å². The first-order chi connectivity index (χ1) is 13.4. The van der Waals surface area contributed by atoms with Crippen LogP contribution in [-0.2, 0) is 9.53 Å². The molecular formula is C17H12F3N5O3. The van der Waals surface area contributed by atoms with E-state index in [1.54, 1.807) is 12.1 Å². The zero-order chi connectivity index (χ0) is 20.3. The fourth-order valence-electron chi connectivity index (χ4n) is 2.17. The number of halogens is 3. The maximum atomic E-state index is 13.6. The van der Waals surface area contributed by atoms with Gasteiger partial charge in [0.15, 0.2) is 23.6 Å². The van der Waals surface area contributed by atoms with Crippen LogP contribution in [0.15, 0.2) is 42.7 Å². The van der Waals surface area contributed by atoms with Gasteiger partial charge >= 0.3 is 5.97 Å². The molecule has 2 aromatic carbocycles. The van der Waals surface area contributed by atoms with E-state index in [0.29, 0.717) is 11.8 Å². The third kappa shape index (κ3) is 3.98. The molecule has 1 amide bonds. The molecule has 1 aromatic heterocycles. The molecule has 0 spiro atoms. The van der Waals surface area contributed by atoms with E-state index in [4.69, 9.17) is 4.74 Å². The number of benzene rings is 2. The number of amides is 1. The van der Waals surface area contributed by atoms with Crippen molar-refractivity contribution in [1.29, 1.82) is 0 Å². The molecule has 28 heavy (non-hydrogen) atoms. The van der Waals surface area contributed by atoms with Crippen LogP contribution in [0.2, 0.25) is 0 Å². The van der Waals surface area contributed by atoms with Crippen molar-refractivity contribution in [2.45, 2.75) is 13.0 Å². The molecule has 144 valence electrons. The van der Waals surface area contributed by atoms with Crippen LogP contribution in [-0.4, -0.2) is 38.2 Å². The number of nitrogens with zero attached hydrogens (tertiary/aromatic N) is 4. The Balaban J connectivity index is 1.63. The number of carbonyl (C=O) groups is 2. The first-order valence-corrected chi connectivity index (χ1v) is 7.85. The standard InChI is InChI=1S/C17H12F3N5O3/c1-9(16(26)22-13-7-6-12(18)14(19)15(13)20)28-17(27)10-2-4-11(5-3-10)25-8-21-23-24-25/h2-9H,1H3,(H,22,26)/t9-/m0/s1. The fourth-order valence-corrected chi connectivity index (χ4v) is 2.17. The molecule has 11 heteroatoms. The minimum atomic E-state index is -1.72. The number of nitrogens with one attached hydrogen (secondary N) is 1. The lowest BCUT2D eigenvalue weighted by molar-refractivity contribution is -0.123. The number of ether oxygens (including phenoxy) is 1. The summed E-state index contributed by atoms with van der Waals surface area (Å²) in [6.45, 7) is 1.25. The van der Waals surface area contributed by atoms with Crippen LogP contribution >= 0.6 is 0 Å². The second kappa shape index (κ2) is 7.86. The fraction of sp³-hybridized carbons (Fsp3) is 0.118. The SMILES string of the molecule is C[C@H](OC(=O)c1ccc(-n2cnnn2)cc1)C(=O)Nc1ccc(F)c(F)c1F. The monoisotopic (exact) mass is 391 g/mol. The van der Waals surface area contributed by atoms with Crippen molar-refractivity contribution >= 4 is 17.6 Å². The lowest BCUT2D eigenvalue weighted by Crippen LogP contribution is -2.30. The summed E-state index contributed by atoms with van der Waals surface area (Å²) in [4.78, 5) is 24.2. The Bertz CT molecular complexity index is 1010. The van der Waals surface area contributed by atoms with Crippen molar-refractivity contribution in [3.05, 3.63) is 65.7 Å². The molecule has 0 fully saturated rings. The number of anilines is 1. The molecule has 1 atom stereocenters. The second-order valence-electron chi connectivity index (χ2n) is 5.56. The lowest BCUT2D eigenvalue weighted by atomic mass is 10.2. The number of tetrazole rings is 1. The van der Waals surface area contributed by atoms with Gasteiger partial charge in [0.1, 0.15) is 6.33 Å². The molecule has 3 aromatic rings. The van der Waals surface area contributed by atoms with E-state index in [0.717, 1.165) is 6.07 Å². The van der Waals surface area contributed by atoms with Crippen LogP contribution in [0, 0.1) is 17.5 Å². The molecule has 8 nitrogen and oxygen atoms in total. The van der Waals surface area contributed by atoms with Gasteiger partial charge in [-0.25, -0.2) is 22.6 Å². The zero-order valence-corrected chi connectivity index (χ0v) is 14.3. The average molecular weight is 391 g/mol. The van der Waals surface area contributed by atoms with Gasteiger partial charge in [-0.3, -0.25) is 4.79 Å². The number of carbonyl (C=O) groups excluding carboxylic acids is 2. The molecule has 1 N–H and O–H groups in total. The molecule has 0 aliphatic rings. The molecule has 0 aliphatic heterocycles. The lowest BCUT2D eigenvalue weighted by Gasteiger charge is -2.14. The molecule has 0 aliphatic carbocycles. The van der Waals surface area contributed by atoms with Gasteiger partial charge in [-0.15, -0.1) is 5.10 Å². The Morgan fingerprint density at radius 3 is 2.43 bits per heavy atom. The van der Waals surface area contributed by atoms with E-state index >= 15 is 0 Å². The quantitative estimate of drug-likeness (QED) is 0.529. The summed E-state index contributed by atoms with van der Waals surface area (Å²) in [5.41, 5.74) is 0.175. The number of hydrogen-bond acceptors (Lipinski definition) is 6. The van der Waals surface area contributed by atoms with Crippen molar-refractivity contribution in [3.63, 3.8) is 0 Å². The summed E-state index contributed by atoms with van der Waals surface area (Å²) in [5.74, 6) is -6.38. The van der Waals surface area contributed by atoms with Crippen molar-refractivity contribution < 1.29 is 27.5 Å². The van der Waals surface area contributed by atoms with Crippen LogP contribution < -0.4 is 5.32 Å². The minimum Gasteiger partial charge on any atom is -0.449 e. The van der Waals surface area contributed by atoms with Crippen molar-refractivity contribution in [2.24, 2.45) is 0 Å². The number of aromatic nitrogens is 4. The summed E-state index contributed by atoms with van der Waals surface area (Å²) in [7, 11) is 0. The van der Waals surface area contributed by atoms with Crippen molar-refractivity contribution in [3.8, 4) is 5.69 Å². The van der Waals surface area contributed by atoms with Crippen LogP contribution in [0.25, 0.3) is 5.69 Å². The largest absolute Gasteiger partial charge is 0.449 e. The summed E-state index contributed by atoms with van der Waals surface area (Å²) in [6, 6.07) is 7.54. The van der Waals surface area contributed by atoms with Gasteiger partial charge in [-0.05, 0) is 53.7 Å². The highest BCUT2D eigenvalue weighted by molar-refractivity contribution is 5.97. The first kappa shape index (κ1) is 19.0. The minimum absolute atomic E-state index is 0.149. The number of esters is 1. The molecule has 3 rings (SSSR count). The van der Waals surface area contributed by atoms with E-state index in [2.05, 4.69) is 15.5 Å². The van der Waals surface area contributed by atoms with Gasteiger partial charge in [0, 0.05) is 0 Å². The second-order valence-corrected chi connectivity index (χ2v) is 5.56. The Morgan fingerprint density at radius 1 is 1.07 bits per heavy atom. The molecule has 0 unspecified atom stereocenters. The van der Waals surface area contributed by atoms with E-state index in [9.17, 15) is 22.8 Å². The smallest absolute Gasteiger partial charge is 0.338 e. The Morgan fingerprint density at radius 2 is 1.79 bits per heavy atom. The predicted octanol–water partition coefficient (Wildman–Crippen LogP) is 2.26. The molecule has 1 heterocycles. The van der Waals surface area contributed by atoms with Crippen molar-refractivity contribution in [1.82, 2.24) is 20.2 Å². The van der Waals surface area contributed by atoms with E-state index in [1.807, 2.05) is 5.32 Å². The van der Waals surface area contributed by atoms with E-state index in [-0.39, 0.29) is 5.56 Å². The van der Waals surface area contributed by atoms with Gasteiger partial charge in [-0.2, -0.15) is 0 Å². The zero-order valence-electron chi connectivity index (χ0n) is 14.3. The highest BCUT2D eigenvalue weighted by atomic mass is 19.2. The van der Waals surface area contributed by atoms with Crippen LogP contribution in [0.1, 0.15) is 17.3 Å². The normalized spacial score (nSPS) is 11.7. The molecule has 0 saturated carbocycles. The summed E-state index contributed by atoms with van der Waals surface area (Å²) < 4.78 is 46.1. The maximum absolute atomic E-state index is 13.6. The van der Waals surface area contributed by atoms with Crippen molar-refractivity contribution in [2.75, 3.05) is 5.32 Å². The van der Waals surface area contributed by atoms with Crippen LogP contribution in [0.4, 0.5) is 18.9 Å². The third-order valence-corrected chi connectivity index (χ3v) is 3.66. The summed E-state index contributed by atoms with van der Waals surface area (Å²) >= 11 is 0. The Kier molecular flexibility index (Phi) is 5.34. The Labute approximate surface area is 155 Å². The summed E-state index contributed by atoms with van der Waals surface area (Å²) in [5, 5.41) is 12.7. The topological polar surface area (TPSA) is 99.0 Å². The van der Waals surface area contributed by atoms with Crippen LogP contribution in [0.3, 0.4) is 0 Å². The molecule has 0 bridgehead atoms. The highest BCUT2D eigenvalue weighted by Crippen LogP contribution is 2.20. The molecule has 0 radical (unpaired) electrons. The van der Waals surface area contributed by atoms with Gasteiger partial charge in [0.25, 0.3) is 5.91 Å². The Hall–Kier alpha value is -3.76. The van der Waals surface area contributed by atoms with Gasteiger partial charge in [0.05, 0.1) is 16.9 Å². The first-order valence-electron chi connectivity index (χ1n) is 7.85. The maximum Gasteiger partial charge on any atom is 0.338 e. The van der Waals surface area contributed by atoms with Gasteiger partial charge < -0.3 is 10.1 Å². The predicted molar refractivity (Wildman–Crippen MR) is 89.0 cm³/mol.